The van der Waals surface area contributed by atoms with Crippen LogP contribution in [-0.2, 0) is 37.5 Å². The van der Waals surface area contributed by atoms with E-state index in [-0.39, 0.29) is 19.4 Å². The standard InChI is InChI=1S/C45H84NO10P/c1-3-5-7-9-11-13-15-17-19-20-21-22-23-25-27-29-31-33-35-37-44(48)56-41(39-54-57(51,52)55-40-42(46)45(49)50)38-53-43(47)36-34-32-30-28-26-24-18-16-14-12-10-8-6-4-2/h10,12,16,18,41-42H,3-9,11,13-15,17,19-40,46H2,1-2H3,(H,49,50)(H,51,52)/b12-10-,18-16-/t41-,42+/m1/s1. The van der Waals surface area contributed by atoms with Crippen molar-refractivity contribution in [3.8, 4) is 0 Å². The van der Waals surface area contributed by atoms with Crippen LogP contribution in [0.2, 0.25) is 0 Å². The number of aliphatic carboxylic acids is 1. The van der Waals surface area contributed by atoms with Crippen LogP contribution in [0, 0.1) is 0 Å². The summed E-state index contributed by atoms with van der Waals surface area (Å²) in [5.74, 6) is -2.38. The maximum absolute atomic E-state index is 12.6. The molecule has 4 N–H and O–H groups in total. The van der Waals surface area contributed by atoms with Crippen LogP contribution < -0.4 is 5.73 Å². The van der Waals surface area contributed by atoms with Crippen LogP contribution in [0.5, 0.6) is 0 Å². The molecule has 0 aliphatic heterocycles. The van der Waals surface area contributed by atoms with Crippen LogP contribution in [-0.4, -0.2) is 59.9 Å². The lowest BCUT2D eigenvalue weighted by molar-refractivity contribution is -0.161. The normalized spacial score (nSPS) is 13.9. The van der Waals surface area contributed by atoms with Crippen molar-refractivity contribution < 1.29 is 47.5 Å². The number of nitrogens with two attached hydrogens (primary N) is 1. The van der Waals surface area contributed by atoms with E-state index in [9.17, 15) is 23.8 Å². The first kappa shape index (κ1) is 55.0. The third-order valence-electron chi connectivity index (χ3n) is 9.95. The van der Waals surface area contributed by atoms with E-state index in [0.717, 1.165) is 64.2 Å². The molecule has 0 aliphatic carbocycles. The van der Waals surface area contributed by atoms with E-state index in [1.165, 1.54) is 109 Å². The predicted octanol–water partition coefficient (Wildman–Crippen LogP) is 12.2. The summed E-state index contributed by atoms with van der Waals surface area (Å²) in [6.07, 6.45) is 42.4. The van der Waals surface area contributed by atoms with Crippen LogP contribution in [0.3, 0.4) is 0 Å². The molecule has 0 aromatic rings. The number of hydrogen-bond acceptors (Lipinski definition) is 9. The van der Waals surface area contributed by atoms with Crippen LogP contribution >= 0.6 is 7.82 Å². The molecule has 12 heteroatoms. The van der Waals surface area contributed by atoms with Crippen molar-refractivity contribution in [2.75, 3.05) is 19.8 Å². The van der Waals surface area contributed by atoms with E-state index in [0.29, 0.717) is 12.8 Å². The first-order valence-electron chi connectivity index (χ1n) is 22.9. The average Bonchev–Trinajstić information content (AvgIpc) is 3.19. The summed E-state index contributed by atoms with van der Waals surface area (Å²) in [6.45, 7) is 2.77. The highest BCUT2D eigenvalue weighted by Gasteiger charge is 2.28. The lowest BCUT2D eigenvalue weighted by Crippen LogP contribution is -2.34. The third-order valence-corrected chi connectivity index (χ3v) is 10.9. The third kappa shape index (κ3) is 40.5. The van der Waals surface area contributed by atoms with Crippen LogP contribution in [0.4, 0.5) is 0 Å². The Balaban J connectivity index is 4.30. The number of hydrogen-bond donors (Lipinski definition) is 3. The van der Waals surface area contributed by atoms with Gasteiger partial charge < -0.3 is 25.2 Å². The van der Waals surface area contributed by atoms with Gasteiger partial charge in [-0.2, -0.15) is 0 Å². The molecule has 0 aromatic heterocycles. The number of esters is 2. The molecule has 0 heterocycles. The van der Waals surface area contributed by atoms with E-state index in [4.69, 9.17) is 24.8 Å². The summed E-state index contributed by atoms with van der Waals surface area (Å²) < 4.78 is 32.7. The molecule has 0 radical (unpaired) electrons. The molecule has 0 fully saturated rings. The predicted molar refractivity (Wildman–Crippen MR) is 231 cm³/mol. The SMILES string of the molecule is CCCC/C=C\C/C=C\CCCCCCCC(=O)OC[C@H](COP(=O)(O)OC[C@H](N)C(=O)O)OC(=O)CCCCCCCCCCCCCCCCCCCCC. The van der Waals surface area contributed by atoms with Gasteiger partial charge in [-0.25, -0.2) is 4.57 Å². The Labute approximate surface area is 347 Å². The molecule has 0 amide bonds. The molecule has 0 saturated heterocycles. The number of unbranched alkanes of at least 4 members (excludes halogenated alkanes) is 25. The first-order chi connectivity index (χ1) is 27.6. The van der Waals surface area contributed by atoms with Crippen molar-refractivity contribution in [1.29, 1.82) is 0 Å². The van der Waals surface area contributed by atoms with E-state index in [1.54, 1.807) is 0 Å². The highest BCUT2D eigenvalue weighted by molar-refractivity contribution is 7.47. The molecular weight excluding hydrogens is 745 g/mol. The summed E-state index contributed by atoms with van der Waals surface area (Å²) in [6, 6.07) is -1.52. The minimum absolute atomic E-state index is 0.163. The fraction of sp³-hybridized carbons (Fsp3) is 0.844. The highest BCUT2D eigenvalue weighted by Crippen LogP contribution is 2.43. The molecule has 0 bridgehead atoms. The number of rotatable bonds is 43. The lowest BCUT2D eigenvalue weighted by atomic mass is 10.0. The van der Waals surface area contributed by atoms with E-state index >= 15 is 0 Å². The van der Waals surface area contributed by atoms with Crippen molar-refractivity contribution in [2.24, 2.45) is 5.73 Å². The van der Waals surface area contributed by atoms with Gasteiger partial charge >= 0.3 is 25.7 Å². The van der Waals surface area contributed by atoms with Crippen molar-refractivity contribution in [3.05, 3.63) is 24.3 Å². The molecule has 3 atom stereocenters. The lowest BCUT2D eigenvalue weighted by Gasteiger charge is -2.20. The number of phosphoric ester groups is 1. The van der Waals surface area contributed by atoms with Crippen LogP contribution in [0.1, 0.15) is 213 Å². The Morgan fingerprint density at radius 1 is 0.544 bits per heavy atom. The van der Waals surface area contributed by atoms with Crippen molar-refractivity contribution in [2.45, 2.75) is 225 Å². The number of carboxylic acids is 1. The minimum Gasteiger partial charge on any atom is -0.480 e. The summed E-state index contributed by atoms with van der Waals surface area (Å²) in [5, 5.41) is 8.89. The van der Waals surface area contributed by atoms with Gasteiger partial charge in [-0.15, -0.1) is 0 Å². The Morgan fingerprint density at radius 2 is 0.947 bits per heavy atom. The van der Waals surface area contributed by atoms with E-state index in [2.05, 4.69) is 42.7 Å². The molecule has 0 aromatic carbocycles. The van der Waals surface area contributed by atoms with Crippen molar-refractivity contribution in [1.82, 2.24) is 0 Å². The maximum Gasteiger partial charge on any atom is 0.472 e. The molecule has 0 aliphatic rings. The van der Waals surface area contributed by atoms with Gasteiger partial charge in [-0.05, 0) is 38.5 Å². The van der Waals surface area contributed by atoms with Gasteiger partial charge in [0.1, 0.15) is 12.6 Å². The number of phosphoric acid groups is 1. The van der Waals surface area contributed by atoms with Gasteiger partial charge in [0.25, 0.3) is 0 Å². The van der Waals surface area contributed by atoms with Gasteiger partial charge in [-0.3, -0.25) is 23.4 Å². The van der Waals surface area contributed by atoms with Crippen molar-refractivity contribution >= 4 is 25.7 Å². The fourth-order valence-electron chi connectivity index (χ4n) is 6.32. The first-order valence-corrected chi connectivity index (χ1v) is 24.4. The zero-order valence-corrected chi connectivity index (χ0v) is 37.1. The molecular formula is C45H84NO10P. The second-order valence-corrected chi connectivity index (χ2v) is 17.0. The monoisotopic (exact) mass is 830 g/mol. The molecule has 334 valence electrons. The second kappa shape index (κ2) is 40.7. The minimum atomic E-state index is -4.72. The Hall–Kier alpha value is -2.04. The van der Waals surface area contributed by atoms with Crippen LogP contribution in [0.25, 0.3) is 0 Å². The number of ether oxygens (including phenoxy) is 2. The number of carbonyl (C=O) groups excluding carboxylic acids is 2. The van der Waals surface area contributed by atoms with E-state index < -0.39 is 51.1 Å². The smallest absolute Gasteiger partial charge is 0.472 e. The Morgan fingerprint density at radius 3 is 1.42 bits per heavy atom. The molecule has 1 unspecified atom stereocenters. The zero-order valence-electron chi connectivity index (χ0n) is 36.2. The van der Waals surface area contributed by atoms with Gasteiger partial charge in [0.15, 0.2) is 6.10 Å². The highest BCUT2D eigenvalue weighted by atomic mass is 31.2. The fourth-order valence-corrected chi connectivity index (χ4v) is 7.10. The van der Waals surface area contributed by atoms with Gasteiger partial charge in [-0.1, -0.05) is 186 Å². The van der Waals surface area contributed by atoms with Gasteiger partial charge in [0.05, 0.1) is 13.2 Å². The molecule has 11 nitrogen and oxygen atoms in total. The summed E-state index contributed by atoms with van der Waals surface area (Å²) >= 11 is 0. The molecule has 0 rings (SSSR count). The Bertz CT molecular complexity index is 1070. The van der Waals surface area contributed by atoms with E-state index in [1.807, 2.05) is 0 Å². The summed E-state index contributed by atoms with van der Waals surface area (Å²) in [4.78, 5) is 46.0. The number of carboxylic acid groups (broad SMARTS) is 1. The van der Waals surface area contributed by atoms with Gasteiger partial charge in [0, 0.05) is 12.8 Å². The molecule has 0 spiro atoms. The number of carbonyl (C=O) groups is 3. The second-order valence-electron chi connectivity index (χ2n) is 15.5. The quantitative estimate of drug-likeness (QED) is 0.0231. The van der Waals surface area contributed by atoms with Crippen LogP contribution in [0.15, 0.2) is 24.3 Å². The Kier molecular flexibility index (Phi) is 39.3. The average molecular weight is 830 g/mol. The molecule has 57 heavy (non-hydrogen) atoms. The number of allylic oxidation sites excluding steroid dienone is 4. The summed E-state index contributed by atoms with van der Waals surface area (Å²) in [5.41, 5.74) is 5.34. The van der Waals surface area contributed by atoms with Crippen molar-refractivity contribution in [3.63, 3.8) is 0 Å². The van der Waals surface area contributed by atoms with Gasteiger partial charge in [0.2, 0.25) is 0 Å². The molecule has 0 saturated carbocycles. The topological polar surface area (TPSA) is 172 Å². The maximum atomic E-state index is 12.6. The largest absolute Gasteiger partial charge is 0.480 e. The summed E-state index contributed by atoms with van der Waals surface area (Å²) in [7, 11) is -4.72. The zero-order chi connectivity index (χ0) is 42.1.